The molecule has 0 bridgehead atoms. The van der Waals surface area contributed by atoms with Crippen LogP contribution in [0.1, 0.15) is 26.2 Å². The average molecular weight is 339 g/mol. The molecule has 7 heteroatoms. The van der Waals surface area contributed by atoms with E-state index in [0.29, 0.717) is 0 Å². The van der Waals surface area contributed by atoms with Gasteiger partial charge in [0.1, 0.15) is 5.75 Å². The molecular formula is C17H19F2NO4. The normalized spacial score (nSPS) is 17.6. The molecule has 0 aromatic heterocycles. The van der Waals surface area contributed by atoms with Crippen LogP contribution in [0, 0.1) is 5.92 Å². The minimum absolute atomic E-state index is 0.0874. The maximum atomic E-state index is 12.4. The van der Waals surface area contributed by atoms with Gasteiger partial charge in [0, 0.05) is 0 Å². The first kappa shape index (κ1) is 17.9. The lowest BCUT2D eigenvalue weighted by molar-refractivity contribution is -0.153. The van der Waals surface area contributed by atoms with E-state index in [0.717, 1.165) is 12.8 Å². The lowest BCUT2D eigenvalue weighted by Crippen LogP contribution is -2.30. The van der Waals surface area contributed by atoms with Crippen molar-refractivity contribution in [2.75, 3.05) is 5.32 Å². The second-order valence-corrected chi connectivity index (χ2v) is 5.47. The summed E-state index contributed by atoms with van der Waals surface area (Å²) in [4.78, 5) is 23.9. The van der Waals surface area contributed by atoms with Crippen molar-refractivity contribution in [1.82, 2.24) is 0 Å². The molecule has 1 N–H and O–H groups in total. The van der Waals surface area contributed by atoms with Gasteiger partial charge in [0.2, 0.25) is 0 Å². The Morgan fingerprint density at radius 2 is 2.08 bits per heavy atom. The van der Waals surface area contributed by atoms with Crippen LogP contribution in [0.2, 0.25) is 0 Å². The number of nitrogens with one attached hydrogen (secondary N) is 1. The zero-order valence-corrected chi connectivity index (χ0v) is 13.2. The number of benzene rings is 1. The Bertz CT molecular complexity index is 618. The van der Waals surface area contributed by atoms with Crippen molar-refractivity contribution in [3.8, 4) is 5.75 Å². The number of rotatable bonds is 7. The SMILES string of the molecule is C[C@@H](OC(=O)C[C@H]1C=CCC1)C(=O)Nc1ccccc1OC(F)F. The summed E-state index contributed by atoms with van der Waals surface area (Å²) >= 11 is 0. The summed E-state index contributed by atoms with van der Waals surface area (Å²) in [5.74, 6) is -1.09. The number of halogens is 2. The Labute approximate surface area is 138 Å². The fraction of sp³-hybridized carbons (Fsp3) is 0.412. The van der Waals surface area contributed by atoms with Gasteiger partial charge in [-0.1, -0.05) is 24.3 Å². The Balaban J connectivity index is 1.89. The van der Waals surface area contributed by atoms with Crippen LogP contribution in [-0.2, 0) is 14.3 Å². The van der Waals surface area contributed by atoms with Crippen LogP contribution in [-0.4, -0.2) is 24.6 Å². The summed E-state index contributed by atoms with van der Waals surface area (Å²) in [7, 11) is 0. The highest BCUT2D eigenvalue weighted by Crippen LogP contribution is 2.26. The molecule has 24 heavy (non-hydrogen) atoms. The molecule has 0 spiro atoms. The summed E-state index contributed by atoms with van der Waals surface area (Å²) in [5.41, 5.74) is 0.0874. The predicted octanol–water partition coefficient (Wildman–Crippen LogP) is 3.51. The number of hydrogen-bond acceptors (Lipinski definition) is 4. The maximum Gasteiger partial charge on any atom is 0.387 e. The molecule has 5 nitrogen and oxygen atoms in total. The van der Waals surface area contributed by atoms with E-state index in [2.05, 4.69) is 10.1 Å². The molecule has 0 unspecified atom stereocenters. The fourth-order valence-corrected chi connectivity index (χ4v) is 2.38. The van der Waals surface area contributed by atoms with E-state index in [1.165, 1.54) is 25.1 Å². The summed E-state index contributed by atoms with van der Waals surface area (Å²) in [6.45, 7) is -1.58. The number of allylic oxidation sites excluding steroid dienone is 2. The van der Waals surface area contributed by atoms with Gasteiger partial charge < -0.3 is 14.8 Å². The van der Waals surface area contributed by atoms with Crippen molar-refractivity contribution in [1.29, 1.82) is 0 Å². The molecule has 1 aliphatic carbocycles. The number of carbonyl (C=O) groups excluding carboxylic acids is 2. The Morgan fingerprint density at radius 3 is 2.75 bits per heavy atom. The first-order valence-corrected chi connectivity index (χ1v) is 7.66. The third kappa shape index (κ3) is 5.33. The van der Waals surface area contributed by atoms with E-state index in [-0.39, 0.29) is 23.8 Å². The third-order valence-electron chi connectivity index (χ3n) is 3.58. The molecule has 0 radical (unpaired) electrons. The van der Waals surface area contributed by atoms with Crippen molar-refractivity contribution in [3.63, 3.8) is 0 Å². The number of alkyl halides is 2. The number of amides is 1. The quantitative estimate of drug-likeness (QED) is 0.610. The van der Waals surface area contributed by atoms with Gasteiger partial charge in [-0.2, -0.15) is 8.78 Å². The lowest BCUT2D eigenvalue weighted by Gasteiger charge is -2.16. The van der Waals surface area contributed by atoms with Gasteiger partial charge in [0.25, 0.3) is 5.91 Å². The van der Waals surface area contributed by atoms with Crippen molar-refractivity contribution >= 4 is 17.6 Å². The van der Waals surface area contributed by atoms with Gasteiger partial charge in [-0.05, 0) is 37.8 Å². The van der Waals surface area contributed by atoms with Gasteiger partial charge in [-0.15, -0.1) is 0 Å². The highest BCUT2D eigenvalue weighted by Gasteiger charge is 2.22. The number of para-hydroxylation sites is 2. The van der Waals surface area contributed by atoms with Gasteiger partial charge in [0.05, 0.1) is 12.1 Å². The van der Waals surface area contributed by atoms with Crippen LogP contribution >= 0.6 is 0 Å². The van der Waals surface area contributed by atoms with Crippen LogP contribution in [0.15, 0.2) is 36.4 Å². The zero-order chi connectivity index (χ0) is 17.5. The molecular weight excluding hydrogens is 320 g/mol. The van der Waals surface area contributed by atoms with E-state index >= 15 is 0 Å². The second kappa shape index (κ2) is 8.42. The lowest BCUT2D eigenvalue weighted by atomic mass is 10.1. The smallest absolute Gasteiger partial charge is 0.387 e. The number of esters is 1. The number of ether oxygens (including phenoxy) is 2. The monoisotopic (exact) mass is 339 g/mol. The minimum Gasteiger partial charge on any atom is -0.453 e. The topological polar surface area (TPSA) is 64.6 Å². The number of carbonyl (C=O) groups is 2. The van der Waals surface area contributed by atoms with Crippen LogP contribution in [0.5, 0.6) is 5.75 Å². The van der Waals surface area contributed by atoms with Gasteiger partial charge in [-0.25, -0.2) is 0 Å². The highest BCUT2D eigenvalue weighted by molar-refractivity contribution is 5.96. The highest BCUT2D eigenvalue weighted by atomic mass is 19.3. The first-order valence-electron chi connectivity index (χ1n) is 7.66. The van der Waals surface area contributed by atoms with Crippen molar-refractivity contribution < 1.29 is 27.8 Å². The molecule has 0 saturated carbocycles. The van der Waals surface area contributed by atoms with E-state index in [4.69, 9.17) is 4.74 Å². The Hall–Kier alpha value is -2.44. The van der Waals surface area contributed by atoms with Gasteiger partial charge in [0.15, 0.2) is 6.10 Å². The van der Waals surface area contributed by atoms with Crippen molar-refractivity contribution in [2.45, 2.75) is 38.9 Å². The molecule has 1 aromatic carbocycles. The average Bonchev–Trinajstić information content (AvgIpc) is 3.01. The first-order chi connectivity index (χ1) is 11.5. The summed E-state index contributed by atoms with van der Waals surface area (Å²) in [5, 5.41) is 2.43. The second-order valence-electron chi connectivity index (χ2n) is 5.47. The number of anilines is 1. The Morgan fingerprint density at radius 1 is 1.33 bits per heavy atom. The molecule has 2 rings (SSSR count). The molecule has 0 heterocycles. The van der Waals surface area contributed by atoms with E-state index in [1.54, 1.807) is 6.07 Å². The van der Waals surface area contributed by atoms with Crippen LogP contribution in [0.25, 0.3) is 0 Å². The number of hydrogen-bond donors (Lipinski definition) is 1. The van der Waals surface area contributed by atoms with Gasteiger partial charge in [-0.3, -0.25) is 9.59 Å². The molecule has 1 aromatic rings. The predicted molar refractivity (Wildman–Crippen MR) is 83.7 cm³/mol. The molecule has 130 valence electrons. The van der Waals surface area contributed by atoms with E-state index < -0.39 is 24.6 Å². The molecule has 0 saturated heterocycles. The van der Waals surface area contributed by atoms with Gasteiger partial charge >= 0.3 is 12.6 Å². The summed E-state index contributed by atoms with van der Waals surface area (Å²) in [6, 6.07) is 5.81. The van der Waals surface area contributed by atoms with E-state index in [9.17, 15) is 18.4 Å². The van der Waals surface area contributed by atoms with Crippen LogP contribution in [0.3, 0.4) is 0 Å². The zero-order valence-electron chi connectivity index (χ0n) is 13.2. The molecule has 0 aliphatic heterocycles. The van der Waals surface area contributed by atoms with E-state index in [1.807, 2.05) is 12.2 Å². The van der Waals surface area contributed by atoms with Crippen LogP contribution < -0.4 is 10.1 Å². The van der Waals surface area contributed by atoms with Crippen LogP contribution in [0.4, 0.5) is 14.5 Å². The minimum atomic E-state index is -3.00. The third-order valence-corrected chi connectivity index (χ3v) is 3.58. The van der Waals surface area contributed by atoms with Crippen molar-refractivity contribution in [3.05, 3.63) is 36.4 Å². The molecule has 1 amide bonds. The largest absolute Gasteiger partial charge is 0.453 e. The molecule has 1 aliphatic rings. The van der Waals surface area contributed by atoms with Crippen molar-refractivity contribution in [2.24, 2.45) is 5.92 Å². The maximum absolute atomic E-state index is 12.4. The molecule has 0 fully saturated rings. The fourth-order valence-electron chi connectivity index (χ4n) is 2.38. The molecule has 2 atom stereocenters. The summed E-state index contributed by atoms with van der Waals surface area (Å²) in [6.07, 6.45) is 4.99. The Kier molecular flexibility index (Phi) is 6.28. The standard InChI is InChI=1S/C17H19F2NO4/c1-11(23-15(21)10-12-6-2-3-7-12)16(22)20-13-8-4-5-9-14(13)24-17(18)19/h2,4-6,8-9,11-12,17H,3,7,10H2,1H3,(H,20,22)/t11-,12+/m1/s1. The summed E-state index contributed by atoms with van der Waals surface area (Å²) < 4.78 is 34.1.